The number of carbonyl (C=O) groups is 1. The van der Waals surface area contributed by atoms with E-state index in [-0.39, 0.29) is 11.7 Å². The second kappa shape index (κ2) is 8.63. The van der Waals surface area contributed by atoms with E-state index in [1.807, 2.05) is 19.1 Å². The first kappa shape index (κ1) is 18.8. The van der Waals surface area contributed by atoms with E-state index in [1.54, 1.807) is 32.6 Å². The number of furan rings is 1. The van der Waals surface area contributed by atoms with Crippen LogP contribution in [0, 0.1) is 6.92 Å². The highest BCUT2D eigenvalue weighted by Crippen LogP contribution is 2.30. The van der Waals surface area contributed by atoms with Crippen molar-refractivity contribution in [2.75, 3.05) is 20.0 Å². The summed E-state index contributed by atoms with van der Waals surface area (Å²) in [6, 6.07) is 7.27. The number of amides is 1. The van der Waals surface area contributed by atoms with Crippen LogP contribution < -0.4 is 14.8 Å². The predicted molar refractivity (Wildman–Crippen MR) is 98.9 cm³/mol. The number of thioether (sulfide) groups is 1. The number of ether oxygens (including phenoxy) is 2. The van der Waals surface area contributed by atoms with Crippen LogP contribution in [0.4, 0.5) is 0 Å². The topological polar surface area (TPSA) is 99.6 Å². The number of hydrogen-bond donors (Lipinski definition) is 1. The molecule has 3 rings (SSSR count). The van der Waals surface area contributed by atoms with Crippen molar-refractivity contribution >= 4 is 17.7 Å². The van der Waals surface area contributed by atoms with E-state index in [0.29, 0.717) is 34.9 Å². The van der Waals surface area contributed by atoms with Crippen LogP contribution in [-0.2, 0) is 11.3 Å². The number of nitrogens with one attached hydrogen (secondary N) is 1. The molecule has 0 saturated heterocycles. The van der Waals surface area contributed by atoms with Gasteiger partial charge in [0, 0.05) is 12.1 Å². The summed E-state index contributed by atoms with van der Waals surface area (Å²) in [5.41, 5.74) is 1.56. The van der Waals surface area contributed by atoms with Crippen molar-refractivity contribution in [3.8, 4) is 23.0 Å². The third kappa shape index (κ3) is 4.43. The van der Waals surface area contributed by atoms with Gasteiger partial charge in [-0.05, 0) is 19.1 Å². The van der Waals surface area contributed by atoms with Crippen LogP contribution in [0.3, 0.4) is 0 Å². The monoisotopic (exact) mass is 389 g/mol. The van der Waals surface area contributed by atoms with Crippen LogP contribution in [0.1, 0.15) is 11.3 Å². The van der Waals surface area contributed by atoms with Crippen molar-refractivity contribution in [2.45, 2.75) is 18.7 Å². The Morgan fingerprint density at radius 1 is 1.22 bits per heavy atom. The summed E-state index contributed by atoms with van der Waals surface area (Å²) in [5, 5.41) is 11.1. The third-order valence-corrected chi connectivity index (χ3v) is 4.60. The molecule has 3 aromatic rings. The van der Waals surface area contributed by atoms with Gasteiger partial charge in [0.2, 0.25) is 5.91 Å². The molecular formula is C18H19N3O5S. The molecule has 27 heavy (non-hydrogen) atoms. The van der Waals surface area contributed by atoms with E-state index in [9.17, 15) is 4.79 Å². The molecule has 0 radical (unpaired) electrons. The summed E-state index contributed by atoms with van der Waals surface area (Å²) in [7, 11) is 3.13. The molecule has 9 heteroatoms. The smallest absolute Gasteiger partial charge is 0.277 e. The minimum atomic E-state index is -0.163. The van der Waals surface area contributed by atoms with E-state index in [2.05, 4.69) is 15.5 Å². The third-order valence-electron chi connectivity index (χ3n) is 3.78. The zero-order chi connectivity index (χ0) is 19.2. The van der Waals surface area contributed by atoms with E-state index in [0.717, 1.165) is 11.1 Å². The molecule has 0 aliphatic heterocycles. The summed E-state index contributed by atoms with van der Waals surface area (Å²) < 4.78 is 21.4. The van der Waals surface area contributed by atoms with Gasteiger partial charge >= 0.3 is 0 Å². The number of benzene rings is 1. The zero-order valence-electron chi connectivity index (χ0n) is 15.1. The summed E-state index contributed by atoms with van der Waals surface area (Å²) in [4.78, 5) is 12.1. The molecule has 142 valence electrons. The average Bonchev–Trinajstić information content (AvgIpc) is 3.32. The number of methoxy groups -OCH3 is 2. The molecule has 0 atom stereocenters. The maximum absolute atomic E-state index is 12.1. The number of para-hydroxylation sites is 1. The highest BCUT2D eigenvalue weighted by atomic mass is 32.2. The molecule has 2 aromatic heterocycles. The normalized spacial score (nSPS) is 10.6. The Balaban J connectivity index is 1.54. The van der Waals surface area contributed by atoms with Crippen LogP contribution in [0.25, 0.3) is 11.5 Å². The second-order valence-corrected chi connectivity index (χ2v) is 6.41. The van der Waals surface area contributed by atoms with Crippen molar-refractivity contribution in [3.05, 3.63) is 41.9 Å². The van der Waals surface area contributed by atoms with Crippen LogP contribution in [0.2, 0.25) is 0 Å². The molecule has 8 nitrogen and oxygen atoms in total. The lowest BCUT2D eigenvalue weighted by Crippen LogP contribution is -2.24. The van der Waals surface area contributed by atoms with Crippen LogP contribution in [0.15, 0.2) is 44.6 Å². The SMILES string of the molecule is COc1cccc(CNC(=O)CSc2nnc(-c3ccoc3C)o2)c1OC. The molecule has 0 fully saturated rings. The van der Waals surface area contributed by atoms with Gasteiger partial charge in [-0.25, -0.2) is 0 Å². The minimum absolute atomic E-state index is 0.151. The molecule has 0 aliphatic carbocycles. The summed E-state index contributed by atoms with van der Waals surface area (Å²) in [6.45, 7) is 2.13. The van der Waals surface area contributed by atoms with Gasteiger partial charge in [-0.2, -0.15) is 0 Å². The number of aryl methyl sites for hydroxylation is 1. The molecule has 0 saturated carbocycles. The Bertz CT molecular complexity index is 921. The Hall–Kier alpha value is -2.94. The van der Waals surface area contributed by atoms with Crippen molar-refractivity contribution in [2.24, 2.45) is 0 Å². The van der Waals surface area contributed by atoms with Gasteiger partial charge in [0.15, 0.2) is 11.5 Å². The molecule has 1 amide bonds. The second-order valence-electron chi connectivity index (χ2n) is 5.48. The average molecular weight is 389 g/mol. The van der Waals surface area contributed by atoms with Gasteiger partial charge in [-0.15, -0.1) is 10.2 Å². The molecule has 1 N–H and O–H groups in total. The van der Waals surface area contributed by atoms with Crippen LogP contribution >= 0.6 is 11.8 Å². The highest BCUT2D eigenvalue weighted by Gasteiger charge is 2.15. The Kier molecular flexibility index (Phi) is 6.02. The fourth-order valence-corrected chi connectivity index (χ4v) is 3.04. The lowest BCUT2D eigenvalue weighted by Gasteiger charge is -2.12. The Morgan fingerprint density at radius 2 is 2.07 bits per heavy atom. The van der Waals surface area contributed by atoms with Gasteiger partial charge in [0.25, 0.3) is 11.1 Å². The quantitative estimate of drug-likeness (QED) is 0.587. The first-order chi connectivity index (χ1) is 13.1. The highest BCUT2D eigenvalue weighted by molar-refractivity contribution is 7.99. The molecule has 0 unspecified atom stereocenters. The number of aromatic nitrogens is 2. The maximum atomic E-state index is 12.1. The molecule has 1 aromatic carbocycles. The van der Waals surface area contributed by atoms with E-state index < -0.39 is 0 Å². The van der Waals surface area contributed by atoms with E-state index >= 15 is 0 Å². The van der Waals surface area contributed by atoms with Gasteiger partial charge in [-0.3, -0.25) is 4.79 Å². The first-order valence-corrected chi connectivity index (χ1v) is 9.08. The van der Waals surface area contributed by atoms with Crippen molar-refractivity contribution in [1.29, 1.82) is 0 Å². The molecule has 0 aliphatic rings. The molecule has 0 bridgehead atoms. The van der Waals surface area contributed by atoms with Crippen LogP contribution in [-0.4, -0.2) is 36.1 Å². The van der Waals surface area contributed by atoms with E-state index in [4.69, 9.17) is 18.3 Å². The number of hydrogen-bond acceptors (Lipinski definition) is 8. The first-order valence-electron chi connectivity index (χ1n) is 8.09. The number of rotatable bonds is 8. The number of nitrogens with zero attached hydrogens (tertiary/aromatic N) is 2. The number of carbonyl (C=O) groups excluding carboxylic acids is 1. The lowest BCUT2D eigenvalue weighted by atomic mass is 10.2. The minimum Gasteiger partial charge on any atom is -0.493 e. The fourth-order valence-electron chi connectivity index (χ4n) is 2.45. The van der Waals surface area contributed by atoms with E-state index in [1.165, 1.54) is 11.8 Å². The van der Waals surface area contributed by atoms with Crippen molar-refractivity contribution in [1.82, 2.24) is 15.5 Å². The van der Waals surface area contributed by atoms with Crippen molar-refractivity contribution in [3.63, 3.8) is 0 Å². The Morgan fingerprint density at radius 3 is 2.78 bits per heavy atom. The van der Waals surface area contributed by atoms with Gasteiger partial charge in [-0.1, -0.05) is 23.9 Å². The standard InChI is InChI=1S/C18H19N3O5S/c1-11-13(7-8-25-11)17-20-21-18(26-17)27-10-15(22)19-9-12-5-4-6-14(23-2)16(12)24-3/h4-8H,9-10H2,1-3H3,(H,19,22). The lowest BCUT2D eigenvalue weighted by molar-refractivity contribution is -0.118. The van der Waals surface area contributed by atoms with Gasteiger partial charge < -0.3 is 23.6 Å². The summed E-state index contributed by atoms with van der Waals surface area (Å²) >= 11 is 1.17. The largest absolute Gasteiger partial charge is 0.493 e. The zero-order valence-corrected chi connectivity index (χ0v) is 16.0. The van der Waals surface area contributed by atoms with Gasteiger partial charge in [0.05, 0.1) is 31.8 Å². The Labute approximate surface area is 160 Å². The molecule has 2 heterocycles. The maximum Gasteiger partial charge on any atom is 0.277 e. The molecule has 0 spiro atoms. The fraction of sp³-hybridized carbons (Fsp3) is 0.278. The summed E-state index contributed by atoms with van der Waals surface area (Å²) in [6.07, 6.45) is 1.56. The molecular weight excluding hydrogens is 370 g/mol. The summed E-state index contributed by atoms with van der Waals surface area (Å²) in [5.74, 6) is 2.27. The predicted octanol–water partition coefficient (Wildman–Crippen LogP) is 3.06. The van der Waals surface area contributed by atoms with Gasteiger partial charge in [0.1, 0.15) is 5.76 Å². The van der Waals surface area contributed by atoms with Crippen molar-refractivity contribution < 1.29 is 23.1 Å². The van der Waals surface area contributed by atoms with Crippen LogP contribution in [0.5, 0.6) is 11.5 Å².